The summed E-state index contributed by atoms with van der Waals surface area (Å²) in [7, 11) is 0. The highest BCUT2D eigenvalue weighted by atomic mass is 19.3. The number of ether oxygens (including phenoxy) is 2. The smallest absolute Gasteiger partial charge is 0.351 e. The Morgan fingerprint density at radius 2 is 2.21 bits per heavy atom. The summed E-state index contributed by atoms with van der Waals surface area (Å²) < 4.78 is 52.1. The fraction of sp³-hybridized carbons (Fsp3) is 0.643. The van der Waals surface area contributed by atoms with E-state index in [0.717, 1.165) is 6.92 Å². The van der Waals surface area contributed by atoms with Crippen molar-refractivity contribution >= 4 is 11.8 Å². The number of anilines is 1. The van der Waals surface area contributed by atoms with Crippen LogP contribution in [0.5, 0.6) is 0 Å². The molecule has 1 fully saturated rings. The van der Waals surface area contributed by atoms with Crippen molar-refractivity contribution in [2.24, 2.45) is 5.92 Å². The van der Waals surface area contributed by atoms with E-state index < -0.39 is 53.6 Å². The van der Waals surface area contributed by atoms with Crippen LogP contribution in [0.4, 0.5) is 19.0 Å². The molecule has 2 rings (SSSR count). The molecule has 0 spiro atoms. The molecule has 134 valence electrons. The van der Waals surface area contributed by atoms with Crippen molar-refractivity contribution in [1.82, 2.24) is 9.55 Å². The molecule has 0 saturated carbocycles. The largest absolute Gasteiger partial charge is 0.457 e. The average molecular weight is 349 g/mol. The summed E-state index contributed by atoms with van der Waals surface area (Å²) in [5, 5.41) is 0. The first-order chi connectivity index (χ1) is 11.1. The van der Waals surface area contributed by atoms with Crippen molar-refractivity contribution in [3.8, 4) is 0 Å². The van der Waals surface area contributed by atoms with E-state index in [1.54, 1.807) is 0 Å². The van der Waals surface area contributed by atoms with Gasteiger partial charge in [-0.15, -0.1) is 0 Å². The molecule has 7 nitrogen and oxygen atoms in total. The molecular weight excluding hydrogens is 331 g/mol. The first-order valence-electron chi connectivity index (χ1n) is 7.31. The van der Waals surface area contributed by atoms with E-state index in [1.165, 1.54) is 13.8 Å². The molecule has 0 amide bonds. The summed E-state index contributed by atoms with van der Waals surface area (Å²) in [6, 6.07) is 0. The first-order valence-corrected chi connectivity index (χ1v) is 7.31. The third-order valence-electron chi connectivity index (χ3n) is 4.32. The van der Waals surface area contributed by atoms with E-state index in [0.29, 0.717) is 10.8 Å². The fourth-order valence-electron chi connectivity index (χ4n) is 2.94. The number of rotatable bonds is 4. The van der Waals surface area contributed by atoms with Crippen LogP contribution in [0.1, 0.15) is 33.4 Å². The number of alkyl halides is 2. The van der Waals surface area contributed by atoms with Crippen LogP contribution in [-0.2, 0) is 14.3 Å². The van der Waals surface area contributed by atoms with Gasteiger partial charge in [-0.1, -0.05) is 13.8 Å². The number of nitrogens with two attached hydrogens (primary N) is 1. The quantitative estimate of drug-likeness (QED) is 0.827. The van der Waals surface area contributed by atoms with E-state index >= 15 is 0 Å². The second kappa shape index (κ2) is 6.42. The third kappa shape index (κ3) is 2.85. The molecule has 1 aliphatic rings. The third-order valence-corrected chi connectivity index (χ3v) is 4.32. The second-order valence-corrected chi connectivity index (χ2v) is 5.64. The number of carbonyl (C=O) groups is 1. The highest BCUT2D eigenvalue weighted by Gasteiger charge is 2.59. The summed E-state index contributed by atoms with van der Waals surface area (Å²) in [5.41, 5.74) is 2.27. The number of halogens is 3. The van der Waals surface area contributed by atoms with Crippen LogP contribution in [0.15, 0.2) is 11.0 Å². The molecule has 1 aliphatic heterocycles. The van der Waals surface area contributed by atoms with Gasteiger partial charge in [-0.05, 0) is 6.42 Å². The van der Waals surface area contributed by atoms with Gasteiger partial charge in [0.15, 0.2) is 24.0 Å². The summed E-state index contributed by atoms with van der Waals surface area (Å²) in [6.45, 7) is 4.01. The number of hydrogen-bond acceptors (Lipinski definition) is 6. The summed E-state index contributed by atoms with van der Waals surface area (Å²) in [4.78, 5) is 26.6. The van der Waals surface area contributed by atoms with Gasteiger partial charge in [-0.3, -0.25) is 9.36 Å². The Morgan fingerprint density at radius 3 is 2.71 bits per heavy atom. The molecule has 0 radical (unpaired) electrons. The van der Waals surface area contributed by atoms with E-state index in [2.05, 4.69) is 4.98 Å². The number of esters is 1. The molecule has 1 aromatic heterocycles. The Bertz CT molecular complexity index is 696. The lowest BCUT2D eigenvalue weighted by Gasteiger charge is -2.30. The summed E-state index contributed by atoms with van der Waals surface area (Å²) >= 11 is 0. The second-order valence-electron chi connectivity index (χ2n) is 5.64. The number of aromatic nitrogens is 2. The normalized spacial score (nSPS) is 29.9. The number of hydrogen-bond donors (Lipinski definition) is 1. The van der Waals surface area contributed by atoms with Crippen molar-refractivity contribution in [1.29, 1.82) is 0 Å². The zero-order valence-electron chi connectivity index (χ0n) is 13.3. The van der Waals surface area contributed by atoms with Crippen molar-refractivity contribution in [3.05, 3.63) is 22.5 Å². The molecule has 2 heterocycles. The minimum absolute atomic E-state index is 0.0975. The topological polar surface area (TPSA) is 96.4 Å². The molecule has 1 saturated heterocycles. The first kappa shape index (κ1) is 18.2. The van der Waals surface area contributed by atoms with Gasteiger partial charge in [0.25, 0.3) is 6.43 Å². The van der Waals surface area contributed by atoms with Crippen LogP contribution in [0, 0.1) is 11.7 Å². The molecule has 4 atom stereocenters. The van der Waals surface area contributed by atoms with Crippen LogP contribution in [0.2, 0.25) is 0 Å². The lowest BCUT2D eigenvalue weighted by Crippen LogP contribution is -2.43. The van der Waals surface area contributed by atoms with Gasteiger partial charge in [-0.25, -0.2) is 18.0 Å². The summed E-state index contributed by atoms with van der Waals surface area (Å²) in [5.74, 6) is -3.32. The SMILES string of the molecule is CC[C@@]1(C(F)F)O[C@@H](n2cc(F)c(N)nc2=O)[C@H](OC(C)=O)[C@@H]1C. The Morgan fingerprint density at radius 1 is 1.58 bits per heavy atom. The molecule has 0 unspecified atom stereocenters. The maximum absolute atomic E-state index is 13.7. The van der Waals surface area contributed by atoms with E-state index in [1.807, 2.05) is 0 Å². The van der Waals surface area contributed by atoms with Crippen molar-refractivity contribution in [3.63, 3.8) is 0 Å². The van der Waals surface area contributed by atoms with Gasteiger partial charge in [0, 0.05) is 12.8 Å². The Balaban J connectivity index is 2.56. The van der Waals surface area contributed by atoms with Gasteiger partial charge in [0.05, 0.1) is 6.20 Å². The standard InChI is InChI=1S/C14H18F3N3O4/c1-4-14(12(16)17)6(2)9(23-7(3)21)11(24-14)20-5-8(15)10(18)19-13(20)22/h5-6,9,11-12H,4H2,1-3H3,(H2,18,19,22)/t6-,9+,11+,14+/m0/s1. The van der Waals surface area contributed by atoms with Crippen molar-refractivity contribution in [2.75, 3.05) is 5.73 Å². The summed E-state index contributed by atoms with van der Waals surface area (Å²) in [6.07, 6.45) is -4.94. The van der Waals surface area contributed by atoms with Crippen molar-refractivity contribution < 1.29 is 27.4 Å². The lowest BCUT2D eigenvalue weighted by molar-refractivity contribution is -0.169. The van der Waals surface area contributed by atoms with E-state index in [9.17, 15) is 22.8 Å². The van der Waals surface area contributed by atoms with Gasteiger partial charge in [0.1, 0.15) is 5.60 Å². The Hall–Kier alpha value is -2.10. The van der Waals surface area contributed by atoms with E-state index in [4.69, 9.17) is 15.2 Å². The van der Waals surface area contributed by atoms with Gasteiger partial charge in [0.2, 0.25) is 0 Å². The van der Waals surface area contributed by atoms with Crippen LogP contribution in [-0.4, -0.2) is 33.7 Å². The minimum atomic E-state index is -2.90. The predicted molar refractivity (Wildman–Crippen MR) is 76.7 cm³/mol. The number of carbonyl (C=O) groups excluding carboxylic acids is 1. The molecule has 0 aromatic carbocycles. The number of nitrogen functional groups attached to an aromatic ring is 1. The molecule has 24 heavy (non-hydrogen) atoms. The Kier molecular flexibility index (Phi) is 4.88. The zero-order chi connectivity index (χ0) is 18.2. The fourth-order valence-corrected chi connectivity index (χ4v) is 2.94. The lowest BCUT2D eigenvalue weighted by atomic mass is 9.85. The van der Waals surface area contributed by atoms with Gasteiger partial charge >= 0.3 is 11.7 Å². The molecule has 0 bridgehead atoms. The Labute approximate surface area is 135 Å². The predicted octanol–water partition coefficient (Wildman–Crippen LogP) is 1.48. The molecule has 0 aliphatic carbocycles. The van der Waals surface area contributed by atoms with E-state index in [-0.39, 0.29) is 6.42 Å². The van der Waals surface area contributed by atoms with Crippen molar-refractivity contribution in [2.45, 2.75) is 51.6 Å². The maximum Gasteiger partial charge on any atom is 0.351 e. The molecule has 1 aromatic rings. The monoisotopic (exact) mass is 349 g/mol. The highest BCUT2D eigenvalue weighted by molar-refractivity contribution is 5.66. The van der Waals surface area contributed by atoms with Gasteiger partial charge < -0.3 is 15.2 Å². The number of nitrogens with zero attached hydrogens (tertiary/aromatic N) is 2. The minimum Gasteiger partial charge on any atom is -0.457 e. The highest BCUT2D eigenvalue weighted by Crippen LogP contribution is 2.48. The van der Waals surface area contributed by atoms with Crippen LogP contribution < -0.4 is 11.4 Å². The van der Waals surface area contributed by atoms with Gasteiger partial charge in [-0.2, -0.15) is 4.98 Å². The van der Waals surface area contributed by atoms with Crippen LogP contribution >= 0.6 is 0 Å². The van der Waals surface area contributed by atoms with Crippen LogP contribution in [0.3, 0.4) is 0 Å². The molecular formula is C14H18F3N3O4. The maximum atomic E-state index is 13.7. The molecule has 2 N–H and O–H groups in total. The average Bonchev–Trinajstić information content (AvgIpc) is 2.76. The molecule has 10 heteroatoms. The zero-order valence-corrected chi connectivity index (χ0v) is 13.3. The van der Waals surface area contributed by atoms with Crippen LogP contribution in [0.25, 0.3) is 0 Å².